The molecule has 2 heterocycles. The lowest BCUT2D eigenvalue weighted by Gasteiger charge is -2.08. The predicted molar refractivity (Wildman–Crippen MR) is 115 cm³/mol. The van der Waals surface area contributed by atoms with E-state index in [1.54, 1.807) is 42.8 Å². The number of rotatable bonds is 8. The molecule has 0 radical (unpaired) electrons. The Morgan fingerprint density at radius 1 is 1.23 bits per heavy atom. The summed E-state index contributed by atoms with van der Waals surface area (Å²) in [5, 5.41) is 7.57. The first kappa shape index (κ1) is 21.5. The summed E-state index contributed by atoms with van der Waals surface area (Å²) >= 11 is 6.26. The number of aryl methyl sites for hydroxylation is 1. The van der Waals surface area contributed by atoms with E-state index in [4.69, 9.17) is 27.5 Å². The van der Waals surface area contributed by atoms with Gasteiger partial charge in [-0.2, -0.15) is 4.98 Å². The van der Waals surface area contributed by atoms with Crippen LogP contribution in [-0.2, 0) is 23.1 Å². The number of esters is 1. The Bertz CT molecular complexity index is 1150. The smallest absolute Gasteiger partial charge is 0.305 e. The second kappa shape index (κ2) is 9.08. The number of aromatic nitrogens is 4. The van der Waals surface area contributed by atoms with Crippen molar-refractivity contribution < 1.29 is 9.53 Å². The molecule has 3 N–H and O–H groups in total. The third kappa shape index (κ3) is 4.35. The number of fused-ring (bicyclic) bond motifs is 1. The van der Waals surface area contributed by atoms with Gasteiger partial charge in [0, 0.05) is 31.1 Å². The number of benzene rings is 1. The van der Waals surface area contributed by atoms with Crippen LogP contribution < -0.4 is 11.3 Å². The lowest BCUT2D eigenvalue weighted by Crippen LogP contribution is -2.23. The molecule has 10 heteroatoms. The number of unbranched alkanes of at least 4 members (excludes halogenated alkanes) is 1. The lowest BCUT2D eigenvalue weighted by atomic mass is 10.1. The minimum atomic E-state index is -0.330. The zero-order valence-corrected chi connectivity index (χ0v) is 17.6. The molecule has 0 saturated carbocycles. The average molecular weight is 431 g/mol. The summed E-state index contributed by atoms with van der Waals surface area (Å²) in [6.45, 7) is 2.44. The van der Waals surface area contributed by atoms with Crippen LogP contribution in [0.25, 0.3) is 22.6 Å². The van der Waals surface area contributed by atoms with Gasteiger partial charge in [0.1, 0.15) is 11.7 Å². The first-order valence-electron chi connectivity index (χ1n) is 9.56. The van der Waals surface area contributed by atoms with Crippen molar-refractivity contribution in [1.29, 1.82) is 5.41 Å². The standard InChI is InChI=1S/C20H23ClN6O3/c1-3-30-14(28)6-4-5-11-27-19(29)15-18(25-20(27)21)26(2)17(24-15)13-9-7-12(8-10-13)16(22)23/h7-10H,3-6,11H2,1-2H3,(H3,22,23). The maximum Gasteiger partial charge on any atom is 0.305 e. The fourth-order valence-electron chi connectivity index (χ4n) is 3.14. The van der Waals surface area contributed by atoms with Crippen LogP contribution in [0.2, 0.25) is 5.28 Å². The maximum absolute atomic E-state index is 12.9. The monoisotopic (exact) mass is 430 g/mol. The molecule has 3 aromatic rings. The van der Waals surface area contributed by atoms with Crippen LogP contribution in [0.4, 0.5) is 0 Å². The zero-order valence-electron chi connectivity index (χ0n) is 16.8. The van der Waals surface area contributed by atoms with E-state index >= 15 is 0 Å². The predicted octanol–water partition coefficient (Wildman–Crippen LogP) is 2.47. The van der Waals surface area contributed by atoms with Gasteiger partial charge in [-0.15, -0.1) is 0 Å². The Hall–Kier alpha value is -3.20. The van der Waals surface area contributed by atoms with Crippen LogP contribution in [0.3, 0.4) is 0 Å². The summed E-state index contributed by atoms with van der Waals surface area (Å²) in [6, 6.07) is 7.01. The van der Waals surface area contributed by atoms with E-state index in [1.807, 2.05) is 0 Å². The first-order valence-corrected chi connectivity index (χ1v) is 9.94. The molecule has 1 aromatic carbocycles. The van der Waals surface area contributed by atoms with Crippen molar-refractivity contribution >= 4 is 34.6 Å². The second-order valence-electron chi connectivity index (χ2n) is 6.76. The van der Waals surface area contributed by atoms with E-state index in [2.05, 4.69) is 9.97 Å². The molecular formula is C20H23ClN6O3. The summed E-state index contributed by atoms with van der Waals surface area (Å²) in [4.78, 5) is 33.2. The molecule has 0 bridgehead atoms. The lowest BCUT2D eigenvalue weighted by molar-refractivity contribution is -0.143. The fraction of sp³-hybridized carbons (Fsp3) is 0.350. The van der Waals surface area contributed by atoms with Gasteiger partial charge in [-0.05, 0) is 31.4 Å². The molecular weight excluding hydrogens is 408 g/mol. The Morgan fingerprint density at radius 3 is 2.57 bits per heavy atom. The highest BCUT2D eigenvalue weighted by Gasteiger charge is 2.18. The molecule has 0 aliphatic rings. The third-order valence-electron chi connectivity index (χ3n) is 4.71. The average Bonchev–Trinajstić information content (AvgIpc) is 3.04. The van der Waals surface area contributed by atoms with Crippen molar-refractivity contribution in [2.45, 2.75) is 32.7 Å². The highest BCUT2D eigenvalue weighted by atomic mass is 35.5. The van der Waals surface area contributed by atoms with Crippen LogP contribution in [-0.4, -0.2) is 37.5 Å². The SMILES string of the molecule is CCOC(=O)CCCCn1c(Cl)nc2c(nc(-c3ccc(C(=N)N)cc3)n2C)c1=O. The van der Waals surface area contributed by atoms with Crippen molar-refractivity contribution in [1.82, 2.24) is 19.1 Å². The quantitative estimate of drug-likeness (QED) is 0.186. The molecule has 0 fully saturated rings. The van der Waals surface area contributed by atoms with Crippen LogP contribution in [0.1, 0.15) is 31.7 Å². The molecule has 0 saturated heterocycles. The number of amidine groups is 1. The van der Waals surface area contributed by atoms with E-state index in [9.17, 15) is 9.59 Å². The van der Waals surface area contributed by atoms with Gasteiger partial charge in [0.15, 0.2) is 11.2 Å². The van der Waals surface area contributed by atoms with Gasteiger partial charge >= 0.3 is 5.97 Å². The van der Waals surface area contributed by atoms with E-state index in [0.29, 0.717) is 49.4 Å². The normalized spacial score (nSPS) is 11.0. The molecule has 3 rings (SSSR count). The number of carbonyl (C=O) groups is 1. The molecule has 0 unspecified atom stereocenters. The molecule has 9 nitrogen and oxygen atoms in total. The number of ether oxygens (including phenoxy) is 1. The van der Waals surface area contributed by atoms with Crippen LogP contribution >= 0.6 is 11.6 Å². The summed E-state index contributed by atoms with van der Waals surface area (Å²) in [7, 11) is 1.76. The third-order valence-corrected chi connectivity index (χ3v) is 4.99. The Kier molecular flexibility index (Phi) is 6.51. The van der Waals surface area contributed by atoms with Crippen LogP contribution in [0.5, 0.6) is 0 Å². The zero-order chi connectivity index (χ0) is 21.8. The fourth-order valence-corrected chi connectivity index (χ4v) is 3.39. The summed E-state index contributed by atoms with van der Waals surface area (Å²) < 4.78 is 7.97. The van der Waals surface area contributed by atoms with Gasteiger partial charge in [-0.3, -0.25) is 19.6 Å². The van der Waals surface area contributed by atoms with Gasteiger partial charge in [-0.25, -0.2) is 4.98 Å². The number of imidazole rings is 1. The molecule has 0 amide bonds. The van der Waals surface area contributed by atoms with Gasteiger partial charge in [0.05, 0.1) is 6.61 Å². The summed E-state index contributed by atoms with van der Waals surface area (Å²) in [5.74, 6) is 0.279. The van der Waals surface area contributed by atoms with Crippen molar-refractivity contribution in [3.8, 4) is 11.4 Å². The number of hydrogen-bond acceptors (Lipinski definition) is 6. The topological polar surface area (TPSA) is 129 Å². The minimum Gasteiger partial charge on any atom is -0.466 e. The summed E-state index contributed by atoms with van der Waals surface area (Å²) in [6.07, 6.45) is 1.45. The number of carbonyl (C=O) groups excluding carboxylic acids is 1. The van der Waals surface area contributed by atoms with Crippen molar-refractivity contribution in [2.24, 2.45) is 12.8 Å². The van der Waals surface area contributed by atoms with E-state index < -0.39 is 0 Å². The number of hydrogen-bond donors (Lipinski definition) is 2. The number of nitrogen functional groups attached to an aromatic ring is 1. The molecule has 0 aliphatic carbocycles. The van der Waals surface area contributed by atoms with Crippen molar-refractivity contribution in [3.63, 3.8) is 0 Å². The molecule has 0 aliphatic heterocycles. The molecule has 0 atom stereocenters. The first-order chi connectivity index (χ1) is 14.3. The van der Waals surface area contributed by atoms with Crippen LogP contribution in [0.15, 0.2) is 29.1 Å². The Labute approximate surface area is 178 Å². The largest absolute Gasteiger partial charge is 0.466 e. The number of nitrogens with one attached hydrogen (secondary N) is 1. The van der Waals surface area contributed by atoms with Crippen LogP contribution in [0, 0.1) is 5.41 Å². The Morgan fingerprint density at radius 2 is 1.93 bits per heavy atom. The molecule has 30 heavy (non-hydrogen) atoms. The van der Waals surface area contributed by atoms with E-state index in [1.165, 1.54) is 4.57 Å². The van der Waals surface area contributed by atoms with Gasteiger partial charge in [0.25, 0.3) is 5.56 Å². The molecule has 2 aromatic heterocycles. The number of nitrogens with two attached hydrogens (primary N) is 1. The minimum absolute atomic E-state index is 0.0224. The van der Waals surface area contributed by atoms with E-state index in [0.717, 1.165) is 5.56 Å². The van der Waals surface area contributed by atoms with E-state index in [-0.39, 0.29) is 28.2 Å². The highest BCUT2D eigenvalue weighted by Crippen LogP contribution is 2.22. The second-order valence-corrected chi connectivity index (χ2v) is 7.10. The molecule has 158 valence electrons. The van der Waals surface area contributed by atoms with Gasteiger partial charge in [0.2, 0.25) is 5.28 Å². The van der Waals surface area contributed by atoms with Gasteiger partial charge in [-0.1, -0.05) is 24.3 Å². The Balaban J connectivity index is 1.87. The van der Waals surface area contributed by atoms with Crippen molar-refractivity contribution in [2.75, 3.05) is 6.61 Å². The highest BCUT2D eigenvalue weighted by molar-refractivity contribution is 6.28. The maximum atomic E-state index is 12.9. The summed E-state index contributed by atoms with van der Waals surface area (Å²) in [5.41, 5.74) is 7.14. The molecule has 0 spiro atoms. The van der Waals surface area contributed by atoms with Gasteiger partial charge < -0.3 is 15.0 Å². The number of halogens is 1. The number of nitrogens with zero attached hydrogens (tertiary/aromatic N) is 4. The van der Waals surface area contributed by atoms with Crippen molar-refractivity contribution in [3.05, 3.63) is 45.5 Å².